The van der Waals surface area contributed by atoms with Gasteiger partial charge in [0.25, 0.3) is 5.91 Å². The van der Waals surface area contributed by atoms with Crippen LogP contribution in [0, 0.1) is 6.92 Å². The predicted molar refractivity (Wildman–Crippen MR) is 82.5 cm³/mol. The van der Waals surface area contributed by atoms with Gasteiger partial charge in [-0.05, 0) is 26.3 Å². The lowest BCUT2D eigenvalue weighted by molar-refractivity contribution is 0.0959. The number of amides is 2. The molecule has 122 valence electrons. The van der Waals surface area contributed by atoms with Crippen LogP contribution >= 0.6 is 11.3 Å². The van der Waals surface area contributed by atoms with E-state index in [0.717, 1.165) is 24.4 Å². The van der Waals surface area contributed by atoms with Gasteiger partial charge in [-0.3, -0.25) is 9.59 Å². The van der Waals surface area contributed by atoms with Crippen LogP contribution in [0.25, 0.3) is 0 Å². The van der Waals surface area contributed by atoms with Crippen LogP contribution in [0.15, 0.2) is 4.52 Å². The van der Waals surface area contributed by atoms with Gasteiger partial charge in [-0.1, -0.05) is 16.5 Å². The standard InChI is InChI=1S/C13H16N6O3S/c1-6-16-11(22-19-6)10(21)18-13-8(9(20)14-2)17-12(23-13)7-4-3-5-15-7/h7,15H,3-5H2,1-2H3,(H,14,20)(H,18,21)/t7-/m1/s1. The fourth-order valence-electron chi connectivity index (χ4n) is 2.28. The largest absolute Gasteiger partial charge is 0.354 e. The van der Waals surface area contributed by atoms with Crippen LogP contribution in [0.1, 0.15) is 50.9 Å². The smallest absolute Gasteiger partial charge is 0.316 e. The topological polar surface area (TPSA) is 122 Å². The SMILES string of the molecule is CNC(=O)c1nc([C@H]2CCCN2)sc1NC(=O)c1nc(C)no1. The Morgan fingerprint density at radius 1 is 1.35 bits per heavy atom. The quantitative estimate of drug-likeness (QED) is 0.757. The summed E-state index contributed by atoms with van der Waals surface area (Å²) in [5, 5.41) is 13.2. The predicted octanol–water partition coefficient (Wildman–Crippen LogP) is 0.871. The van der Waals surface area contributed by atoms with Crippen LogP contribution in [-0.4, -0.2) is 40.5 Å². The lowest BCUT2D eigenvalue weighted by Crippen LogP contribution is -2.21. The van der Waals surface area contributed by atoms with E-state index in [9.17, 15) is 9.59 Å². The van der Waals surface area contributed by atoms with Crippen LogP contribution < -0.4 is 16.0 Å². The summed E-state index contributed by atoms with van der Waals surface area (Å²) in [7, 11) is 1.52. The summed E-state index contributed by atoms with van der Waals surface area (Å²) in [6.45, 7) is 2.54. The van der Waals surface area contributed by atoms with E-state index < -0.39 is 5.91 Å². The Morgan fingerprint density at radius 2 is 2.17 bits per heavy atom. The average molecular weight is 336 g/mol. The highest BCUT2D eigenvalue weighted by Gasteiger charge is 2.26. The molecular weight excluding hydrogens is 320 g/mol. The van der Waals surface area contributed by atoms with Gasteiger partial charge in [-0.2, -0.15) is 4.98 Å². The zero-order valence-electron chi connectivity index (χ0n) is 12.7. The molecule has 10 heteroatoms. The third kappa shape index (κ3) is 3.22. The van der Waals surface area contributed by atoms with Gasteiger partial charge in [0, 0.05) is 7.05 Å². The van der Waals surface area contributed by atoms with Crippen molar-refractivity contribution in [2.75, 3.05) is 18.9 Å². The summed E-state index contributed by atoms with van der Waals surface area (Å²) >= 11 is 1.27. The van der Waals surface area contributed by atoms with Crippen LogP contribution in [0.3, 0.4) is 0 Å². The maximum Gasteiger partial charge on any atom is 0.316 e. The van der Waals surface area contributed by atoms with E-state index in [1.807, 2.05) is 0 Å². The van der Waals surface area contributed by atoms with E-state index >= 15 is 0 Å². The van der Waals surface area contributed by atoms with Gasteiger partial charge in [0.05, 0.1) is 6.04 Å². The van der Waals surface area contributed by atoms with Crippen molar-refractivity contribution in [3.8, 4) is 0 Å². The Morgan fingerprint density at radius 3 is 2.78 bits per heavy atom. The number of hydrogen-bond acceptors (Lipinski definition) is 8. The molecule has 1 aliphatic heterocycles. The molecule has 0 aromatic carbocycles. The highest BCUT2D eigenvalue weighted by atomic mass is 32.1. The molecule has 3 rings (SSSR count). The van der Waals surface area contributed by atoms with Crippen molar-refractivity contribution in [2.24, 2.45) is 0 Å². The fraction of sp³-hybridized carbons (Fsp3) is 0.462. The minimum absolute atomic E-state index is 0.111. The van der Waals surface area contributed by atoms with Gasteiger partial charge in [-0.15, -0.1) is 0 Å². The number of nitrogens with zero attached hydrogens (tertiary/aromatic N) is 3. The molecule has 9 nitrogen and oxygen atoms in total. The second-order valence-electron chi connectivity index (χ2n) is 5.06. The van der Waals surface area contributed by atoms with Gasteiger partial charge in [0.1, 0.15) is 10.0 Å². The first-order valence-corrected chi connectivity index (χ1v) is 7.98. The van der Waals surface area contributed by atoms with E-state index in [2.05, 4.69) is 31.1 Å². The molecule has 0 saturated carbocycles. The summed E-state index contributed by atoms with van der Waals surface area (Å²) in [4.78, 5) is 32.4. The van der Waals surface area contributed by atoms with Crippen LogP contribution in [0.2, 0.25) is 0 Å². The van der Waals surface area contributed by atoms with Gasteiger partial charge >= 0.3 is 11.8 Å². The average Bonchev–Trinajstić information content (AvgIpc) is 3.25. The molecule has 0 radical (unpaired) electrons. The highest BCUT2D eigenvalue weighted by molar-refractivity contribution is 7.16. The molecule has 2 amide bonds. The van der Waals surface area contributed by atoms with Crippen molar-refractivity contribution >= 4 is 28.2 Å². The molecule has 2 aromatic heterocycles. The first-order valence-electron chi connectivity index (χ1n) is 7.16. The molecule has 0 aliphatic carbocycles. The molecular formula is C13H16N6O3S. The zero-order valence-corrected chi connectivity index (χ0v) is 13.5. The van der Waals surface area contributed by atoms with E-state index in [1.54, 1.807) is 6.92 Å². The molecule has 0 bridgehead atoms. The van der Waals surface area contributed by atoms with Crippen molar-refractivity contribution < 1.29 is 14.1 Å². The molecule has 0 spiro atoms. The van der Waals surface area contributed by atoms with Crippen molar-refractivity contribution in [1.82, 2.24) is 25.8 Å². The lowest BCUT2D eigenvalue weighted by atomic mass is 10.2. The maximum atomic E-state index is 12.1. The molecule has 23 heavy (non-hydrogen) atoms. The van der Waals surface area contributed by atoms with Crippen LogP contribution in [-0.2, 0) is 0 Å². The van der Waals surface area contributed by atoms with E-state index in [4.69, 9.17) is 4.52 Å². The molecule has 3 N–H and O–H groups in total. The number of hydrogen-bond donors (Lipinski definition) is 3. The Labute approximate surface area is 135 Å². The van der Waals surface area contributed by atoms with Gasteiger partial charge < -0.3 is 20.5 Å². The number of anilines is 1. The minimum atomic E-state index is -0.565. The Kier molecular flexibility index (Phi) is 4.35. The van der Waals surface area contributed by atoms with Gasteiger partial charge in [0.15, 0.2) is 11.5 Å². The van der Waals surface area contributed by atoms with Crippen molar-refractivity contribution in [2.45, 2.75) is 25.8 Å². The highest BCUT2D eigenvalue weighted by Crippen LogP contribution is 2.32. The second kappa shape index (κ2) is 6.42. The number of carbonyl (C=O) groups is 2. The van der Waals surface area contributed by atoms with E-state index in [1.165, 1.54) is 18.4 Å². The molecule has 3 heterocycles. The fourth-order valence-corrected chi connectivity index (χ4v) is 3.35. The number of rotatable bonds is 4. The number of carbonyl (C=O) groups excluding carboxylic acids is 2. The van der Waals surface area contributed by atoms with Crippen molar-refractivity contribution in [1.29, 1.82) is 0 Å². The summed E-state index contributed by atoms with van der Waals surface area (Å²) in [5.74, 6) is -0.714. The monoisotopic (exact) mass is 336 g/mol. The van der Waals surface area contributed by atoms with Crippen molar-refractivity contribution in [3.63, 3.8) is 0 Å². The Balaban J connectivity index is 1.86. The van der Waals surface area contributed by atoms with Gasteiger partial charge in [-0.25, -0.2) is 4.98 Å². The second-order valence-corrected chi connectivity index (χ2v) is 6.09. The van der Waals surface area contributed by atoms with Gasteiger partial charge in [0.2, 0.25) is 0 Å². The molecule has 1 saturated heterocycles. The summed E-state index contributed by atoms with van der Waals surface area (Å²) < 4.78 is 4.83. The lowest BCUT2D eigenvalue weighted by Gasteiger charge is -2.04. The Bertz CT molecular complexity index is 734. The molecule has 1 fully saturated rings. The van der Waals surface area contributed by atoms with E-state index in [-0.39, 0.29) is 23.5 Å². The van der Waals surface area contributed by atoms with E-state index in [0.29, 0.717) is 10.8 Å². The number of aromatic nitrogens is 3. The third-order valence-corrected chi connectivity index (χ3v) is 4.48. The first kappa shape index (κ1) is 15.6. The summed E-state index contributed by atoms with van der Waals surface area (Å²) in [5.41, 5.74) is 0.186. The number of thiazole rings is 1. The Hall–Kier alpha value is -2.33. The summed E-state index contributed by atoms with van der Waals surface area (Å²) in [6, 6.07) is 0.111. The molecule has 1 aliphatic rings. The van der Waals surface area contributed by atoms with Crippen molar-refractivity contribution in [3.05, 3.63) is 22.4 Å². The maximum absolute atomic E-state index is 12.1. The normalized spacial score (nSPS) is 17.2. The molecule has 2 aromatic rings. The zero-order chi connectivity index (χ0) is 16.4. The first-order chi connectivity index (χ1) is 11.1. The summed E-state index contributed by atoms with van der Waals surface area (Å²) in [6.07, 6.45) is 2.01. The van der Waals surface area contributed by atoms with Crippen LogP contribution in [0.5, 0.6) is 0 Å². The number of aryl methyl sites for hydroxylation is 1. The molecule has 1 atom stereocenters. The van der Waals surface area contributed by atoms with Crippen LogP contribution in [0.4, 0.5) is 5.00 Å². The third-order valence-electron chi connectivity index (χ3n) is 3.39. The molecule has 0 unspecified atom stereocenters. The minimum Gasteiger partial charge on any atom is -0.354 e. The number of nitrogens with one attached hydrogen (secondary N) is 3.